The average molecular weight is 313 g/mol. The minimum Gasteiger partial charge on any atom is -0.506 e. The number of aromatic hydroxyl groups is 1. The van der Waals surface area contributed by atoms with Gasteiger partial charge in [0.2, 0.25) is 0 Å². The summed E-state index contributed by atoms with van der Waals surface area (Å²) in [6, 6.07) is 7.73. The fourth-order valence-electron chi connectivity index (χ4n) is 1.61. The Morgan fingerprint density at radius 2 is 2.05 bits per heavy atom. The van der Waals surface area contributed by atoms with Gasteiger partial charge in [-0.25, -0.2) is 8.42 Å². The normalized spacial score (nSPS) is 11.3. The highest BCUT2D eigenvalue weighted by Gasteiger charge is 2.18. The van der Waals surface area contributed by atoms with Crippen molar-refractivity contribution in [2.24, 2.45) is 0 Å². The summed E-state index contributed by atoms with van der Waals surface area (Å²) in [7, 11) is -2.21. The molecule has 2 N–H and O–H groups in total. The molecule has 2 rings (SSSR count). The predicted octanol–water partition coefficient (Wildman–Crippen LogP) is 2.83. The third-order valence-electron chi connectivity index (χ3n) is 2.70. The summed E-state index contributed by atoms with van der Waals surface area (Å²) in [5.41, 5.74) is 0.122. The first kappa shape index (κ1) is 14.7. The molecule has 2 aromatic rings. The van der Waals surface area contributed by atoms with Crippen molar-refractivity contribution in [3.63, 3.8) is 0 Å². The average Bonchev–Trinajstić information content (AvgIpc) is 2.90. The van der Waals surface area contributed by atoms with Crippen LogP contribution in [0, 0.1) is 0 Å². The second kappa shape index (κ2) is 5.72. The van der Waals surface area contributed by atoms with Gasteiger partial charge >= 0.3 is 0 Å². The number of phenolic OH excluding ortho intramolecular Hbond substituents is 1. The van der Waals surface area contributed by atoms with Crippen molar-refractivity contribution >= 4 is 27.0 Å². The smallest absolute Gasteiger partial charge is 0.271 e. The lowest BCUT2D eigenvalue weighted by Crippen LogP contribution is -2.11. The lowest BCUT2D eigenvalue weighted by Gasteiger charge is -2.09. The second-order valence-electron chi connectivity index (χ2n) is 4.06. The number of hydrogen-bond acceptors (Lipinski definition) is 5. The summed E-state index contributed by atoms with van der Waals surface area (Å²) in [6.45, 7) is 1.96. The van der Waals surface area contributed by atoms with Crippen molar-refractivity contribution in [2.75, 3.05) is 11.8 Å². The Morgan fingerprint density at radius 3 is 2.60 bits per heavy atom. The van der Waals surface area contributed by atoms with E-state index < -0.39 is 10.0 Å². The molecule has 0 unspecified atom stereocenters. The maximum atomic E-state index is 12.2. The van der Waals surface area contributed by atoms with Crippen LogP contribution >= 0.6 is 11.3 Å². The maximum absolute atomic E-state index is 12.2. The molecule has 0 saturated heterocycles. The number of ether oxygens (including phenoxy) is 1. The Morgan fingerprint density at radius 1 is 1.30 bits per heavy atom. The minimum absolute atomic E-state index is 0.122. The van der Waals surface area contributed by atoms with Crippen LogP contribution in [0.2, 0.25) is 0 Å². The molecule has 7 heteroatoms. The Balaban J connectivity index is 2.28. The highest BCUT2D eigenvalue weighted by molar-refractivity contribution is 7.94. The zero-order valence-electron chi connectivity index (χ0n) is 11.1. The van der Waals surface area contributed by atoms with Gasteiger partial charge in [-0.15, -0.1) is 11.3 Å². The summed E-state index contributed by atoms with van der Waals surface area (Å²) in [5.74, 6) is 0.273. The highest BCUT2D eigenvalue weighted by Crippen LogP contribution is 2.31. The van der Waals surface area contributed by atoms with E-state index in [2.05, 4.69) is 4.72 Å². The number of hydrogen-bond donors (Lipinski definition) is 2. The molecule has 0 amide bonds. The molecular formula is C13H15NO4S2. The Labute approximate surface area is 121 Å². The van der Waals surface area contributed by atoms with Crippen molar-refractivity contribution < 1.29 is 18.3 Å². The largest absolute Gasteiger partial charge is 0.506 e. The molecule has 0 radical (unpaired) electrons. The number of methoxy groups -OCH3 is 1. The quantitative estimate of drug-likeness (QED) is 0.832. The molecule has 108 valence electrons. The SMILES string of the molecule is CCc1ccc(S(=O)(=O)Nc2ccc(OC)cc2O)s1. The molecule has 5 nitrogen and oxygen atoms in total. The number of rotatable bonds is 5. The Kier molecular flexibility index (Phi) is 4.20. The standard InChI is InChI=1S/C13H15NO4S2/c1-3-10-5-7-13(19-10)20(16,17)14-11-6-4-9(18-2)8-12(11)15/h4-8,14-15H,3H2,1-2H3. The van der Waals surface area contributed by atoms with E-state index in [1.165, 1.54) is 30.6 Å². The number of sulfonamides is 1. The molecule has 0 saturated carbocycles. The zero-order valence-corrected chi connectivity index (χ0v) is 12.7. The van der Waals surface area contributed by atoms with E-state index in [1.807, 2.05) is 6.92 Å². The molecule has 0 aliphatic heterocycles. The molecule has 1 aromatic heterocycles. The van der Waals surface area contributed by atoms with Crippen LogP contribution < -0.4 is 9.46 Å². The monoisotopic (exact) mass is 313 g/mol. The molecule has 1 aromatic carbocycles. The van der Waals surface area contributed by atoms with E-state index in [1.54, 1.807) is 18.2 Å². The fraction of sp³-hybridized carbons (Fsp3) is 0.231. The van der Waals surface area contributed by atoms with Crippen molar-refractivity contribution in [3.8, 4) is 11.5 Å². The number of anilines is 1. The van der Waals surface area contributed by atoms with Crippen molar-refractivity contribution in [2.45, 2.75) is 17.6 Å². The third kappa shape index (κ3) is 3.05. The van der Waals surface area contributed by atoms with Gasteiger partial charge in [-0.3, -0.25) is 4.72 Å². The summed E-state index contributed by atoms with van der Waals surface area (Å²) in [5, 5.41) is 9.78. The molecule has 0 fully saturated rings. The van der Waals surface area contributed by atoms with Gasteiger partial charge in [0.05, 0.1) is 12.8 Å². The first-order valence-corrected chi connectivity index (χ1v) is 8.24. The van der Waals surface area contributed by atoms with Crippen LogP contribution in [0.4, 0.5) is 5.69 Å². The van der Waals surface area contributed by atoms with Gasteiger partial charge in [0.1, 0.15) is 15.7 Å². The van der Waals surface area contributed by atoms with Crippen LogP contribution in [0.1, 0.15) is 11.8 Å². The van der Waals surface area contributed by atoms with Crippen LogP contribution in [0.5, 0.6) is 11.5 Å². The molecule has 0 aliphatic carbocycles. The topological polar surface area (TPSA) is 75.6 Å². The summed E-state index contributed by atoms with van der Waals surface area (Å²) in [6.07, 6.45) is 0.786. The third-order valence-corrected chi connectivity index (χ3v) is 5.79. The van der Waals surface area contributed by atoms with Gasteiger partial charge in [0.15, 0.2) is 0 Å². The molecule has 0 aliphatic rings. The molecule has 1 heterocycles. The fourth-order valence-corrected chi connectivity index (χ4v) is 3.98. The van der Waals surface area contributed by atoms with Crippen LogP contribution in [-0.2, 0) is 16.4 Å². The van der Waals surface area contributed by atoms with E-state index >= 15 is 0 Å². The van der Waals surface area contributed by atoms with Crippen LogP contribution in [0.15, 0.2) is 34.5 Å². The first-order valence-electron chi connectivity index (χ1n) is 5.95. The lowest BCUT2D eigenvalue weighted by atomic mass is 10.3. The summed E-state index contributed by atoms with van der Waals surface area (Å²) in [4.78, 5) is 0.990. The zero-order chi connectivity index (χ0) is 14.8. The summed E-state index contributed by atoms with van der Waals surface area (Å²) < 4.78 is 31.9. The number of nitrogens with one attached hydrogen (secondary N) is 1. The van der Waals surface area contributed by atoms with E-state index in [9.17, 15) is 13.5 Å². The van der Waals surface area contributed by atoms with Gasteiger partial charge in [-0.05, 0) is 30.7 Å². The van der Waals surface area contributed by atoms with E-state index in [0.717, 1.165) is 11.3 Å². The van der Waals surface area contributed by atoms with Crippen molar-refractivity contribution in [3.05, 3.63) is 35.2 Å². The molecule has 0 atom stereocenters. The Bertz CT molecular complexity index is 707. The number of benzene rings is 1. The number of phenols is 1. The Hall–Kier alpha value is -1.73. The first-order chi connectivity index (χ1) is 9.46. The minimum atomic E-state index is -3.68. The lowest BCUT2D eigenvalue weighted by molar-refractivity contribution is 0.408. The predicted molar refractivity (Wildman–Crippen MR) is 79.2 cm³/mol. The van der Waals surface area contributed by atoms with Crippen LogP contribution in [-0.4, -0.2) is 20.6 Å². The maximum Gasteiger partial charge on any atom is 0.271 e. The summed E-state index contributed by atoms with van der Waals surface area (Å²) >= 11 is 1.22. The number of thiophene rings is 1. The van der Waals surface area contributed by atoms with E-state index in [4.69, 9.17) is 4.74 Å². The van der Waals surface area contributed by atoms with Crippen LogP contribution in [0.25, 0.3) is 0 Å². The van der Waals surface area contributed by atoms with E-state index in [0.29, 0.717) is 5.75 Å². The van der Waals surface area contributed by atoms with Gasteiger partial charge < -0.3 is 9.84 Å². The molecule has 0 bridgehead atoms. The number of aryl methyl sites for hydroxylation is 1. The van der Waals surface area contributed by atoms with Gasteiger partial charge in [0.25, 0.3) is 10.0 Å². The highest BCUT2D eigenvalue weighted by atomic mass is 32.2. The van der Waals surface area contributed by atoms with E-state index in [-0.39, 0.29) is 15.6 Å². The second-order valence-corrected chi connectivity index (χ2v) is 7.14. The van der Waals surface area contributed by atoms with Crippen molar-refractivity contribution in [1.29, 1.82) is 0 Å². The van der Waals surface area contributed by atoms with Gasteiger partial charge in [-0.2, -0.15) is 0 Å². The molecule has 0 spiro atoms. The van der Waals surface area contributed by atoms with Gasteiger partial charge in [0, 0.05) is 10.9 Å². The molecular weight excluding hydrogens is 298 g/mol. The van der Waals surface area contributed by atoms with Crippen LogP contribution in [0.3, 0.4) is 0 Å². The molecule has 20 heavy (non-hydrogen) atoms. The van der Waals surface area contributed by atoms with Gasteiger partial charge in [-0.1, -0.05) is 6.92 Å². The van der Waals surface area contributed by atoms with Crippen molar-refractivity contribution in [1.82, 2.24) is 0 Å².